The molecule has 0 unspecified atom stereocenters. The lowest BCUT2D eigenvalue weighted by Gasteiger charge is -2.26. The van der Waals surface area contributed by atoms with Crippen molar-refractivity contribution < 1.29 is 4.79 Å². The van der Waals surface area contributed by atoms with Gasteiger partial charge in [-0.25, -0.2) is 4.68 Å². The van der Waals surface area contributed by atoms with E-state index in [0.29, 0.717) is 17.6 Å². The number of amides is 1. The van der Waals surface area contributed by atoms with Gasteiger partial charge in [0.25, 0.3) is 5.91 Å². The van der Waals surface area contributed by atoms with Crippen molar-refractivity contribution in [2.75, 3.05) is 18.4 Å². The van der Waals surface area contributed by atoms with Crippen LogP contribution in [0.2, 0.25) is 0 Å². The molecule has 8 nitrogen and oxygen atoms in total. The Hall–Kier alpha value is -2.22. The number of nitrogens with one attached hydrogen (secondary N) is 3. The largest absolute Gasteiger partial charge is 0.312 e. The number of carbonyl (C=O) groups is 1. The van der Waals surface area contributed by atoms with E-state index in [0.717, 1.165) is 18.7 Å². The van der Waals surface area contributed by atoms with Gasteiger partial charge in [-0.05, 0) is 6.92 Å². The smallest absolute Gasteiger partial charge is 0.278 e. The first-order chi connectivity index (χ1) is 8.74. The zero-order chi connectivity index (χ0) is 12.5. The van der Waals surface area contributed by atoms with Crippen molar-refractivity contribution in [3.05, 3.63) is 23.7 Å². The zero-order valence-electron chi connectivity index (χ0n) is 9.84. The molecule has 0 aromatic carbocycles. The van der Waals surface area contributed by atoms with Gasteiger partial charge in [0.2, 0.25) is 0 Å². The number of aryl methyl sites for hydroxylation is 1. The summed E-state index contributed by atoms with van der Waals surface area (Å²) in [7, 11) is 0. The van der Waals surface area contributed by atoms with Gasteiger partial charge >= 0.3 is 0 Å². The van der Waals surface area contributed by atoms with Crippen molar-refractivity contribution in [1.29, 1.82) is 0 Å². The first kappa shape index (κ1) is 10.9. The lowest BCUT2D eigenvalue weighted by molar-refractivity contribution is 0.102. The summed E-state index contributed by atoms with van der Waals surface area (Å²) < 4.78 is 1.71. The molecule has 1 fully saturated rings. The Morgan fingerprint density at radius 1 is 1.56 bits per heavy atom. The van der Waals surface area contributed by atoms with Crippen LogP contribution in [0.1, 0.15) is 22.1 Å². The van der Waals surface area contributed by atoms with E-state index in [2.05, 4.69) is 31.1 Å². The van der Waals surface area contributed by atoms with Gasteiger partial charge in [0.15, 0.2) is 5.69 Å². The van der Waals surface area contributed by atoms with Gasteiger partial charge in [-0.15, -0.1) is 5.10 Å². The molecule has 0 spiro atoms. The third-order valence-electron chi connectivity index (χ3n) is 2.94. The molecule has 0 saturated carbocycles. The average molecular weight is 247 g/mol. The molecule has 3 rings (SSSR count). The number of H-pyrrole nitrogens is 1. The van der Waals surface area contributed by atoms with Crippen LogP contribution >= 0.6 is 0 Å². The maximum Gasteiger partial charge on any atom is 0.278 e. The van der Waals surface area contributed by atoms with Gasteiger partial charge in [0.05, 0.1) is 18.4 Å². The normalized spacial score (nSPS) is 15.4. The maximum absolute atomic E-state index is 11.9. The summed E-state index contributed by atoms with van der Waals surface area (Å²) in [5, 5.41) is 20.2. The van der Waals surface area contributed by atoms with Gasteiger partial charge in [-0.3, -0.25) is 9.89 Å². The van der Waals surface area contributed by atoms with Crippen LogP contribution in [-0.2, 0) is 0 Å². The highest BCUT2D eigenvalue weighted by Gasteiger charge is 2.21. The number of rotatable bonds is 3. The molecule has 94 valence electrons. The molecule has 8 heteroatoms. The Balaban J connectivity index is 1.72. The number of carbonyl (C=O) groups excluding carboxylic acids is 1. The molecule has 0 atom stereocenters. The third kappa shape index (κ3) is 1.86. The summed E-state index contributed by atoms with van der Waals surface area (Å²) in [5.41, 5.74) is 1.18. The summed E-state index contributed by atoms with van der Waals surface area (Å²) in [5.74, 6) is 0.292. The second kappa shape index (κ2) is 4.22. The fourth-order valence-electron chi connectivity index (χ4n) is 1.67. The van der Waals surface area contributed by atoms with E-state index in [4.69, 9.17) is 0 Å². The van der Waals surface area contributed by atoms with Gasteiger partial charge in [0.1, 0.15) is 5.82 Å². The molecule has 3 N–H and O–H groups in total. The molecule has 3 heterocycles. The van der Waals surface area contributed by atoms with E-state index in [1.54, 1.807) is 17.1 Å². The van der Waals surface area contributed by atoms with E-state index in [1.807, 2.05) is 6.92 Å². The van der Waals surface area contributed by atoms with Crippen molar-refractivity contribution in [2.45, 2.75) is 13.0 Å². The Bertz CT molecular complexity index is 568. The SMILES string of the molecule is Cc1cn[nH]c1NC(=O)c1cn(C2CNC2)nn1. The Labute approximate surface area is 103 Å². The van der Waals surface area contributed by atoms with Crippen LogP contribution < -0.4 is 10.6 Å². The van der Waals surface area contributed by atoms with Gasteiger partial charge in [-0.2, -0.15) is 5.10 Å². The first-order valence-electron chi connectivity index (χ1n) is 5.68. The van der Waals surface area contributed by atoms with Crippen LogP contribution in [0.4, 0.5) is 5.82 Å². The minimum Gasteiger partial charge on any atom is -0.312 e. The van der Waals surface area contributed by atoms with Crippen molar-refractivity contribution in [2.24, 2.45) is 0 Å². The molecule has 2 aromatic heterocycles. The Morgan fingerprint density at radius 3 is 3.00 bits per heavy atom. The van der Waals surface area contributed by atoms with Gasteiger partial charge < -0.3 is 10.6 Å². The predicted octanol–water partition coefficient (Wildman–Crippen LogP) is -0.294. The Morgan fingerprint density at radius 2 is 2.39 bits per heavy atom. The van der Waals surface area contributed by atoms with Crippen LogP contribution in [0.15, 0.2) is 12.4 Å². The fraction of sp³-hybridized carbons (Fsp3) is 0.400. The quantitative estimate of drug-likeness (QED) is 0.691. The van der Waals surface area contributed by atoms with Crippen molar-refractivity contribution in [3.8, 4) is 0 Å². The average Bonchev–Trinajstić information content (AvgIpc) is 2.87. The highest BCUT2D eigenvalue weighted by atomic mass is 16.2. The van der Waals surface area contributed by atoms with Crippen LogP contribution in [0, 0.1) is 6.92 Å². The predicted molar refractivity (Wildman–Crippen MR) is 63.2 cm³/mol. The highest BCUT2D eigenvalue weighted by molar-refractivity contribution is 6.02. The lowest BCUT2D eigenvalue weighted by Crippen LogP contribution is -2.43. The maximum atomic E-state index is 11.9. The van der Waals surface area contributed by atoms with Crippen LogP contribution in [0.3, 0.4) is 0 Å². The number of aromatic amines is 1. The summed E-state index contributed by atoms with van der Waals surface area (Å²) >= 11 is 0. The fourth-order valence-corrected chi connectivity index (χ4v) is 1.67. The first-order valence-corrected chi connectivity index (χ1v) is 5.68. The molecule has 18 heavy (non-hydrogen) atoms. The van der Waals surface area contributed by atoms with Crippen LogP contribution in [0.25, 0.3) is 0 Å². The molecule has 1 aliphatic heterocycles. The molecule has 1 amide bonds. The second-order valence-electron chi connectivity index (χ2n) is 4.28. The van der Waals surface area contributed by atoms with E-state index < -0.39 is 0 Å². The van der Waals surface area contributed by atoms with Crippen LogP contribution in [0.5, 0.6) is 0 Å². The lowest BCUT2D eigenvalue weighted by atomic mass is 10.2. The molecule has 2 aromatic rings. The molecule has 0 aliphatic carbocycles. The third-order valence-corrected chi connectivity index (χ3v) is 2.94. The number of hydrogen-bond acceptors (Lipinski definition) is 5. The number of nitrogens with zero attached hydrogens (tertiary/aromatic N) is 4. The van der Waals surface area contributed by atoms with Gasteiger partial charge in [0, 0.05) is 18.7 Å². The number of hydrogen-bond donors (Lipinski definition) is 3. The molecule has 0 radical (unpaired) electrons. The summed E-state index contributed by atoms with van der Waals surface area (Å²) in [6, 6.07) is 0.299. The second-order valence-corrected chi connectivity index (χ2v) is 4.28. The summed E-state index contributed by atoms with van der Waals surface area (Å²) in [4.78, 5) is 11.9. The topological polar surface area (TPSA) is 101 Å². The summed E-state index contributed by atoms with van der Waals surface area (Å²) in [6.07, 6.45) is 3.30. The van der Waals surface area contributed by atoms with E-state index in [-0.39, 0.29) is 5.91 Å². The molecular formula is C10H13N7O. The van der Waals surface area contributed by atoms with Crippen LogP contribution in [-0.4, -0.2) is 44.2 Å². The molecular weight excluding hydrogens is 234 g/mol. The zero-order valence-corrected chi connectivity index (χ0v) is 9.84. The minimum atomic E-state index is -0.291. The van der Waals surface area contributed by atoms with Crippen molar-refractivity contribution in [1.82, 2.24) is 30.5 Å². The van der Waals surface area contributed by atoms with Gasteiger partial charge in [-0.1, -0.05) is 5.21 Å². The van der Waals surface area contributed by atoms with E-state index in [9.17, 15) is 4.79 Å². The highest BCUT2D eigenvalue weighted by Crippen LogP contribution is 2.12. The van der Waals surface area contributed by atoms with Crippen molar-refractivity contribution in [3.63, 3.8) is 0 Å². The van der Waals surface area contributed by atoms with E-state index in [1.165, 1.54) is 0 Å². The van der Waals surface area contributed by atoms with E-state index >= 15 is 0 Å². The Kier molecular flexibility index (Phi) is 2.56. The monoisotopic (exact) mass is 247 g/mol. The summed E-state index contributed by atoms with van der Waals surface area (Å²) in [6.45, 7) is 3.59. The molecule has 1 aliphatic rings. The number of anilines is 1. The molecule has 1 saturated heterocycles. The standard InChI is InChI=1S/C10H13N7O/c1-6-2-12-15-9(6)13-10(18)8-5-17(16-14-8)7-3-11-4-7/h2,5,7,11H,3-4H2,1H3,(H2,12,13,15,18). The number of aromatic nitrogens is 5. The van der Waals surface area contributed by atoms with Crippen molar-refractivity contribution >= 4 is 11.7 Å². The molecule has 0 bridgehead atoms. The minimum absolute atomic E-state index is 0.291.